The van der Waals surface area contributed by atoms with Crippen LogP contribution >= 0.6 is 0 Å². The number of hydrogen-bond acceptors (Lipinski definition) is 4. The molecule has 0 spiro atoms. The Bertz CT molecular complexity index is 1060. The predicted molar refractivity (Wildman–Crippen MR) is 111 cm³/mol. The number of fused-ring (bicyclic) bond motifs is 1. The van der Waals surface area contributed by atoms with Crippen LogP contribution in [-0.2, 0) is 0 Å². The summed E-state index contributed by atoms with van der Waals surface area (Å²) in [5.74, 6) is -0.337. The van der Waals surface area contributed by atoms with Crippen molar-refractivity contribution in [1.82, 2.24) is 15.3 Å². The Hall–Kier alpha value is -3.74. The van der Waals surface area contributed by atoms with Gasteiger partial charge in [0.05, 0.1) is 22.9 Å². The van der Waals surface area contributed by atoms with Crippen LogP contribution in [0.4, 0.5) is 4.39 Å². The van der Waals surface area contributed by atoms with Crippen LogP contribution < -0.4 is 16.8 Å². The van der Waals surface area contributed by atoms with Crippen molar-refractivity contribution in [3.8, 4) is 11.3 Å². The molecule has 3 aromatic rings. The lowest BCUT2D eigenvalue weighted by Gasteiger charge is -2.19. The molecule has 5 N–H and O–H groups in total. The van der Waals surface area contributed by atoms with E-state index in [1.807, 2.05) is 31.2 Å². The first-order chi connectivity index (χ1) is 13.4. The van der Waals surface area contributed by atoms with Crippen LogP contribution in [0.5, 0.6) is 0 Å². The van der Waals surface area contributed by atoms with Crippen LogP contribution in [0.25, 0.3) is 22.2 Å². The molecule has 3 rings (SSSR count). The third-order valence-corrected chi connectivity index (χ3v) is 4.06. The number of aromatic nitrogens is 2. The van der Waals surface area contributed by atoms with Gasteiger partial charge in [-0.2, -0.15) is 0 Å². The van der Waals surface area contributed by atoms with Crippen LogP contribution in [0.3, 0.4) is 0 Å². The average Bonchev–Trinajstić information content (AvgIpc) is 2.67. The lowest BCUT2D eigenvalue weighted by Crippen LogP contribution is -2.22. The van der Waals surface area contributed by atoms with Crippen molar-refractivity contribution < 1.29 is 4.39 Å². The Morgan fingerprint density at radius 2 is 2.07 bits per heavy atom. The Morgan fingerprint density at radius 3 is 2.79 bits per heavy atom. The molecule has 0 saturated heterocycles. The molecule has 1 atom stereocenters. The summed E-state index contributed by atoms with van der Waals surface area (Å²) >= 11 is 0. The van der Waals surface area contributed by atoms with Crippen molar-refractivity contribution in [2.75, 3.05) is 0 Å². The fourth-order valence-electron chi connectivity index (χ4n) is 2.83. The maximum Gasteiger partial charge on any atom is 0.190 e. The van der Waals surface area contributed by atoms with E-state index in [9.17, 15) is 4.39 Å². The predicted octanol–water partition coefficient (Wildman–Crippen LogP) is 3.39. The normalized spacial score (nSPS) is 12.1. The van der Waals surface area contributed by atoms with Crippen LogP contribution in [-0.4, -0.2) is 15.9 Å². The highest BCUT2D eigenvalue weighted by Crippen LogP contribution is 2.29. The molecule has 142 valence electrons. The summed E-state index contributed by atoms with van der Waals surface area (Å²) in [5.41, 5.74) is 14.3. The van der Waals surface area contributed by atoms with E-state index in [1.54, 1.807) is 18.3 Å². The molecular formula is C21H21FN6. The van der Waals surface area contributed by atoms with Gasteiger partial charge < -0.3 is 16.8 Å². The minimum Gasteiger partial charge on any atom is -0.377 e. The van der Waals surface area contributed by atoms with E-state index in [1.165, 1.54) is 18.3 Å². The lowest BCUT2D eigenvalue weighted by atomic mass is 10.0. The van der Waals surface area contributed by atoms with Gasteiger partial charge in [0.1, 0.15) is 5.82 Å². The Balaban J connectivity index is 2.00. The molecular weight excluding hydrogens is 355 g/mol. The van der Waals surface area contributed by atoms with Gasteiger partial charge in [-0.25, -0.2) is 14.4 Å². The van der Waals surface area contributed by atoms with Gasteiger partial charge >= 0.3 is 0 Å². The molecule has 0 aliphatic carbocycles. The number of nitrogens with two attached hydrogens (primary N) is 2. The SMILES string of the molecule is C=C(/C=C\N=C(N)N)NC(C)c1nc2ccc(F)cc2cc1-c1ccccn1. The van der Waals surface area contributed by atoms with Crippen LogP contribution in [0.1, 0.15) is 18.7 Å². The first-order valence-corrected chi connectivity index (χ1v) is 8.66. The molecule has 0 bridgehead atoms. The molecule has 0 aliphatic heterocycles. The summed E-state index contributed by atoms with van der Waals surface area (Å²) in [6.07, 6.45) is 4.84. The monoisotopic (exact) mass is 376 g/mol. The van der Waals surface area contributed by atoms with Crippen LogP contribution in [0.2, 0.25) is 0 Å². The molecule has 0 aliphatic rings. The summed E-state index contributed by atoms with van der Waals surface area (Å²) in [6, 6.07) is 11.9. The first-order valence-electron chi connectivity index (χ1n) is 8.66. The van der Waals surface area contributed by atoms with E-state index < -0.39 is 0 Å². The summed E-state index contributed by atoms with van der Waals surface area (Å²) in [4.78, 5) is 13.0. The van der Waals surface area contributed by atoms with E-state index in [2.05, 4.69) is 21.9 Å². The van der Waals surface area contributed by atoms with Gasteiger partial charge in [-0.1, -0.05) is 12.6 Å². The molecule has 0 radical (unpaired) electrons. The summed E-state index contributed by atoms with van der Waals surface area (Å²) in [7, 11) is 0. The number of benzene rings is 1. The molecule has 2 heterocycles. The average molecular weight is 376 g/mol. The van der Waals surface area contributed by atoms with Gasteiger partial charge in [-0.05, 0) is 49.4 Å². The van der Waals surface area contributed by atoms with Gasteiger partial charge in [0.15, 0.2) is 5.96 Å². The Labute approximate surface area is 162 Å². The fourth-order valence-corrected chi connectivity index (χ4v) is 2.83. The van der Waals surface area contributed by atoms with Crippen molar-refractivity contribution in [2.24, 2.45) is 16.5 Å². The molecule has 2 aromatic heterocycles. The molecule has 7 heteroatoms. The number of rotatable bonds is 6. The van der Waals surface area contributed by atoms with Crippen molar-refractivity contribution in [3.63, 3.8) is 0 Å². The number of allylic oxidation sites excluding steroid dienone is 1. The molecule has 1 unspecified atom stereocenters. The topological polar surface area (TPSA) is 102 Å². The largest absolute Gasteiger partial charge is 0.377 e. The number of guanidine groups is 1. The third kappa shape index (κ3) is 4.50. The molecule has 0 saturated carbocycles. The number of nitrogens with zero attached hydrogens (tertiary/aromatic N) is 3. The zero-order valence-electron chi connectivity index (χ0n) is 15.4. The zero-order valence-corrected chi connectivity index (χ0v) is 15.4. The third-order valence-electron chi connectivity index (χ3n) is 4.06. The minimum atomic E-state index is -0.307. The second-order valence-electron chi connectivity index (χ2n) is 6.23. The van der Waals surface area contributed by atoms with Gasteiger partial charge in [0, 0.05) is 29.0 Å². The summed E-state index contributed by atoms with van der Waals surface area (Å²) < 4.78 is 13.7. The zero-order chi connectivity index (χ0) is 20.1. The Morgan fingerprint density at radius 1 is 1.25 bits per heavy atom. The van der Waals surface area contributed by atoms with Gasteiger partial charge in [-0.15, -0.1) is 0 Å². The second-order valence-corrected chi connectivity index (χ2v) is 6.23. The van der Waals surface area contributed by atoms with Gasteiger partial charge in [0.25, 0.3) is 0 Å². The maximum absolute atomic E-state index is 13.7. The molecule has 0 amide bonds. The van der Waals surface area contributed by atoms with Crippen LogP contribution in [0.15, 0.2) is 78.2 Å². The van der Waals surface area contributed by atoms with Crippen molar-refractivity contribution in [3.05, 3.63) is 84.7 Å². The quantitative estimate of drug-likeness (QED) is 0.348. The standard InChI is InChI=1S/C21H21FN6/c1-13(8-10-26-21(23)24)27-14(2)20-17(19-5-3-4-9-25-19)12-15-11-16(22)6-7-18(15)28-20/h3-12,14,27H,1H2,2H3,(H4,23,24,26)/b10-8-. The van der Waals surface area contributed by atoms with Crippen molar-refractivity contribution >= 4 is 16.9 Å². The maximum atomic E-state index is 13.7. The van der Waals surface area contributed by atoms with E-state index in [4.69, 9.17) is 16.5 Å². The highest BCUT2D eigenvalue weighted by Gasteiger charge is 2.16. The lowest BCUT2D eigenvalue weighted by molar-refractivity contribution is 0.629. The number of halogens is 1. The number of aliphatic imine (C=N–C) groups is 1. The van der Waals surface area contributed by atoms with Crippen molar-refractivity contribution in [2.45, 2.75) is 13.0 Å². The smallest absolute Gasteiger partial charge is 0.190 e. The number of pyridine rings is 2. The summed E-state index contributed by atoms with van der Waals surface area (Å²) in [5, 5.41) is 3.97. The molecule has 1 aromatic carbocycles. The highest BCUT2D eigenvalue weighted by atomic mass is 19.1. The number of hydrogen-bond donors (Lipinski definition) is 3. The minimum absolute atomic E-state index is 0.0297. The van der Waals surface area contributed by atoms with Gasteiger partial charge in [-0.3, -0.25) is 4.98 Å². The Kier molecular flexibility index (Phi) is 5.64. The molecule has 28 heavy (non-hydrogen) atoms. The van der Waals surface area contributed by atoms with E-state index in [0.29, 0.717) is 16.6 Å². The highest BCUT2D eigenvalue weighted by molar-refractivity contribution is 5.84. The summed E-state index contributed by atoms with van der Waals surface area (Å²) in [6.45, 7) is 5.91. The molecule has 6 nitrogen and oxygen atoms in total. The van der Waals surface area contributed by atoms with Gasteiger partial charge in [0.2, 0.25) is 0 Å². The van der Waals surface area contributed by atoms with Crippen molar-refractivity contribution in [1.29, 1.82) is 0 Å². The fraction of sp³-hybridized carbons (Fsp3) is 0.0952. The van der Waals surface area contributed by atoms with E-state index in [0.717, 1.165) is 17.0 Å². The van der Waals surface area contributed by atoms with E-state index >= 15 is 0 Å². The molecule has 0 fully saturated rings. The number of nitrogens with one attached hydrogen (secondary N) is 1. The van der Waals surface area contributed by atoms with Crippen LogP contribution in [0, 0.1) is 5.82 Å². The van der Waals surface area contributed by atoms with E-state index in [-0.39, 0.29) is 17.8 Å². The second kappa shape index (κ2) is 8.30. The first kappa shape index (κ1) is 19.0.